The third-order valence-electron chi connectivity index (χ3n) is 6.36. The molecule has 0 aliphatic heterocycles. The number of carbonyl (C=O) groups excluding carboxylic acids is 1. The lowest BCUT2D eigenvalue weighted by atomic mass is 10.1. The molecule has 0 radical (unpaired) electrons. The van der Waals surface area contributed by atoms with Gasteiger partial charge in [0, 0.05) is 16.6 Å². The van der Waals surface area contributed by atoms with Gasteiger partial charge in [-0.1, -0.05) is 36.4 Å². The van der Waals surface area contributed by atoms with Crippen molar-refractivity contribution in [3.05, 3.63) is 77.9 Å². The maximum Gasteiger partial charge on any atom is 0.257 e. The molecule has 1 heterocycles. The smallest absolute Gasteiger partial charge is 0.257 e. The molecule has 0 aliphatic carbocycles. The Balaban J connectivity index is 1.37. The molecule has 10 heteroatoms. The fourth-order valence-electron chi connectivity index (χ4n) is 4.54. The zero-order valence-electron chi connectivity index (χ0n) is 23.4. The normalized spacial score (nSPS) is 10.9. The molecule has 41 heavy (non-hydrogen) atoms. The van der Waals surface area contributed by atoms with Gasteiger partial charge in [0.25, 0.3) is 5.91 Å². The average Bonchev–Trinajstić information content (AvgIpc) is 3.37. The van der Waals surface area contributed by atoms with E-state index in [2.05, 4.69) is 28.8 Å². The highest BCUT2D eigenvalue weighted by Crippen LogP contribution is 2.39. The van der Waals surface area contributed by atoms with Crippen LogP contribution in [0.5, 0.6) is 17.2 Å². The van der Waals surface area contributed by atoms with Crippen molar-refractivity contribution in [2.75, 3.05) is 25.1 Å². The molecule has 1 amide bonds. The van der Waals surface area contributed by atoms with Crippen LogP contribution in [0.4, 0.5) is 5.69 Å². The maximum atomic E-state index is 13.2. The highest BCUT2D eigenvalue weighted by molar-refractivity contribution is 7.80. The number of anilines is 1. The summed E-state index contributed by atoms with van der Waals surface area (Å²) in [6, 6.07) is 21.2. The molecule has 2 N–H and O–H groups in total. The van der Waals surface area contributed by atoms with Gasteiger partial charge in [0.1, 0.15) is 11.0 Å². The van der Waals surface area contributed by atoms with E-state index in [1.807, 2.05) is 64.1 Å². The first kappa shape index (κ1) is 27.9. The molecule has 0 atom stereocenters. The minimum Gasteiger partial charge on any atom is -0.490 e. The van der Waals surface area contributed by atoms with E-state index in [-0.39, 0.29) is 5.11 Å². The number of hydrogen-bond acceptors (Lipinski definition) is 7. The number of thiocarbonyl (C=S) groups is 1. The van der Waals surface area contributed by atoms with Crippen LogP contribution in [0.15, 0.2) is 66.7 Å². The monoisotopic (exact) mass is 569 g/mol. The summed E-state index contributed by atoms with van der Waals surface area (Å²) in [5.41, 5.74) is 4.27. The number of nitrogens with zero attached hydrogens (tertiary/aromatic N) is 3. The Morgan fingerprint density at radius 1 is 0.854 bits per heavy atom. The number of amides is 1. The highest BCUT2D eigenvalue weighted by Gasteiger charge is 2.19. The molecule has 0 spiro atoms. The summed E-state index contributed by atoms with van der Waals surface area (Å²) < 4.78 is 17.2. The zero-order valence-corrected chi connectivity index (χ0v) is 24.2. The van der Waals surface area contributed by atoms with Crippen molar-refractivity contribution in [3.8, 4) is 22.9 Å². The van der Waals surface area contributed by atoms with E-state index < -0.39 is 5.91 Å². The summed E-state index contributed by atoms with van der Waals surface area (Å²) in [6.07, 6.45) is 0. The van der Waals surface area contributed by atoms with Crippen LogP contribution in [0.25, 0.3) is 27.5 Å². The lowest BCUT2D eigenvalue weighted by molar-refractivity contribution is 0.0976. The van der Waals surface area contributed by atoms with Gasteiger partial charge in [0.2, 0.25) is 5.75 Å². The van der Waals surface area contributed by atoms with E-state index in [0.29, 0.717) is 53.8 Å². The Hall–Kier alpha value is -4.70. The Morgan fingerprint density at radius 2 is 1.49 bits per heavy atom. The van der Waals surface area contributed by atoms with Crippen LogP contribution in [0, 0.1) is 6.92 Å². The summed E-state index contributed by atoms with van der Waals surface area (Å²) in [5.74, 6) is 0.918. The SMILES string of the molecule is CCOc1cc(C(=O)NC(=S)Nc2cc3nn(-c4cccc5ccccc45)nc3cc2C)cc(OCC)c1OCC. The lowest BCUT2D eigenvalue weighted by Crippen LogP contribution is -2.34. The molecule has 9 nitrogen and oxygen atoms in total. The number of hydrogen-bond donors (Lipinski definition) is 2. The third-order valence-corrected chi connectivity index (χ3v) is 6.56. The van der Waals surface area contributed by atoms with Crippen LogP contribution >= 0.6 is 12.2 Å². The van der Waals surface area contributed by atoms with Crippen molar-refractivity contribution < 1.29 is 19.0 Å². The van der Waals surface area contributed by atoms with Gasteiger partial charge in [0.05, 0.1) is 25.5 Å². The predicted octanol–water partition coefficient (Wildman–Crippen LogP) is 6.21. The van der Waals surface area contributed by atoms with E-state index in [9.17, 15) is 4.79 Å². The molecule has 210 valence electrons. The number of benzene rings is 4. The van der Waals surface area contributed by atoms with Crippen LogP contribution in [-0.4, -0.2) is 45.8 Å². The minimum atomic E-state index is -0.409. The van der Waals surface area contributed by atoms with Crippen LogP contribution in [0.1, 0.15) is 36.7 Å². The summed E-state index contributed by atoms with van der Waals surface area (Å²) in [5, 5.41) is 17.6. The molecule has 5 rings (SSSR count). The average molecular weight is 570 g/mol. The van der Waals surface area contributed by atoms with Crippen LogP contribution in [0.2, 0.25) is 0 Å². The number of rotatable bonds is 9. The number of aryl methyl sites for hydroxylation is 1. The summed E-state index contributed by atoms with van der Waals surface area (Å²) >= 11 is 5.49. The van der Waals surface area contributed by atoms with E-state index in [0.717, 1.165) is 27.5 Å². The van der Waals surface area contributed by atoms with Crippen LogP contribution in [0.3, 0.4) is 0 Å². The summed E-state index contributed by atoms with van der Waals surface area (Å²) in [7, 11) is 0. The van der Waals surface area contributed by atoms with E-state index in [1.54, 1.807) is 16.9 Å². The number of aromatic nitrogens is 3. The molecule has 0 aliphatic rings. The molecule has 0 unspecified atom stereocenters. The Kier molecular flexibility index (Phi) is 8.30. The predicted molar refractivity (Wildman–Crippen MR) is 165 cm³/mol. The van der Waals surface area contributed by atoms with E-state index in [1.165, 1.54) is 0 Å². The Labute approximate surface area is 243 Å². The van der Waals surface area contributed by atoms with Crippen molar-refractivity contribution in [3.63, 3.8) is 0 Å². The highest BCUT2D eigenvalue weighted by atomic mass is 32.1. The van der Waals surface area contributed by atoms with Crippen molar-refractivity contribution in [1.82, 2.24) is 20.3 Å². The quantitative estimate of drug-likeness (QED) is 0.202. The van der Waals surface area contributed by atoms with Gasteiger partial charge in [-0.15, -0.1) is 15.0 Å². The number of nitrogens with one attached hydrogen (secondary N) is 2. The second kappa shape index (κ2) is 12.2. The van der Waals surface area contributed by atoms with Gasteiger partial charge in [-0.25, -0.2) is 0 Å². The maximum absolute atomic E-state index is 13.2. The van der Waals surface area contributed by atoms with Crippen molar-refractivity contribution in [1.29, 1.82) is 0 Å². The minimum absolute atomic E-state index is 0.142. The first-order valence-electron chi connectivity index (χ1n) is 13.5. The van der Waals surface area contributed by atoms with E-state index in [4.69, 9.17) is 36.6 Å². The molecule has 0 fully saturated rings. The molecule has 0 saturated heterocycles. The number of fused-ring (bicyclic) bond motifs is 2. The molecule has 1 aromatic heterocycles. The zero-order chi connectivity index (χ0) is 28.9. The topological polar surface area (TPSA) is 99.5 Å². The Bertz CT molecular complexity index is 1720. The number of ether oxygens (including phenoxy) is 3. The van der Waals surface area contributed by atoms with Crippen molar-refractivity contribution in [2.45, 2.75) is 27.7 Å². The number of carbonyl (C=O) groups is 1. The van der Waals surface area contributed by atoms with Crippen molar-refractivity contribution >= 4 is 50.7 Å². The molecule has 0 bridgehead atoms. The molecule has 4 aromatic carbocycles. The van der Waals surface area contributed by atoms with Crippen LogP contribution in [-0.2, 0) is 0 Å². The van der Waals surface area contributed by atoms with Gasteiger partial charge in [-0.3, -0.25) is 10.1 Å². The van der Waals surface area contributed by atoms with Gasteiger partial charge < -0.3 is 19.5 Å². The molecule has 5 aromatic rings. The van der Waals surface area contributed by atoms with Crippen molar-refractivity contribution in [2.24, 2.45) is 0 Å². The van der Waals surface area contributed by atoms with Gasteiger partial charge in [0.15, 0.2) is 16.6 Å². The summed E-state index contributed by atoms with van der Waals surface area (Å²) in [4.78, 5) is 14.8. The van der Waals surface area contributed by atoms with Gasteiger partial charge in [-0.2, -0.15) is 0 Å². The fraction of sp³-hybridized carbons (Fsp3) is 0.226. The largest absolute Gasteiger partial charge is 0.490 e. The lowest BCUT2D eigenvalue weighted by Gasteiger charge is -2.17. The second-order valence-corrected chi connectivity index (χ2v) is 9.56. The summed E-state index contributed by atoms with van der Waals surface area (Å²) in [6.45, 7) is 8.79. The second-order valence-electron chi connectivity index (χ2n) is 9.15. The first-order chi connectivity index (χ1) is 19.9. The molecule has 0 saturated carbocycles. The van der Waals surface area contributed by atoms with Gasteiger partial charge in [-0.05, 0) is 81.2 Å². The Morgan fingerprint density at radius 3 is 2.17 bits per heavy atom. The third kappa shape index (κ3) is 5.92. The van der Waals surface area contributed by atoms with Gasteiger partial charge >= 0.3 is 0 Å². The molecular formula is C31H31N5O4S. The van der Waals surface area contributed by atoms with E-state index >= 15 is 0 Å². The fourth-order valence-corrected chi connectivity index (χ4v) is 4.74. The standard InChI is InChI=1S/C31H31N5O4S/c1-5-38-27-16-21(17-28(39-6-2)29(27)40-7-3)30(37)33-31(41)32-23-18-25-24(15-19(23)4)34-36(35-25)26-14-10-12-20-11-8-9-13-22(20)26/h8-18H,5-7H2,1-4H3,(H2,32,33,37,41). The van der Waals surface area contributed by atoms with Crippen LogP contribution < -0.4 is 24.8 Å². The first-order valence-corrected chi connectivity index (χ1v) is 13.9. The molecular weight excluding hydrogens is 538 g/mol.